The fraction of sp³-hybridized carbons (Fsp3) is 0.350. The summed E-state index contributed by atoms with van der Waals surface area (Å²) in [6, 6.07) is 12.7. The highest BCUT2D eigenvalue weighted by atomic mass is 32.2. The van der Waals surface area contributed by atoms with Crippen molar-refractivity contribution in [3.05, 3.63) is 48.0 Å². The number of ether oxygens (including phenoxy) is 3. The van der Waals surface area contributed by atoms with Crippen LogP contribution in [0.1, 0.15) is 33.3 Å². The third kappa shape index (κ3) is 5.59. The molecular weight excluding hydrogens is 350 g/mol. The lowest BCUT2D eigenvalue weighted by Gasteiger charge is -2.19. The quantitative estimate of drug-likeness (QED) is 0.641. The van der Waals surface area contributed by atoms with E-state index in [1.54, 1.807) is 37.6 Å². The second kappa shape index (κ2) is 9.38. The van der Waals surface area contributed by atoms with Crippen LogP contribution in [0.15, 0.2) is 51.8 Å². The summed E-state index contributed by atoms with van der Waals surface area (Å²) in [7, 11) is 0.108. The van der Waals surface area contributed by atoms with Crippen molar-refractivity contribution in [1.29, 1.82) is 0 Å². The highest BCUT2D eigenvalue weighted by Crippen LogP contribution is 2.39. The first-order valence-corrected chi connectivity index (χ1v) is 9.57. The molecule has 0 aromatic heterocycles. The largest absolute Gasteiger partial charge is 0.490 e. The van der Waals surface area contributed by atoms with E-state index in [2.05, 4.69) is 4.40 Å². The maximum Gasteiger partial charge on any atom is 0.203 e. The SMILES string of the molecule is COc1c(OC(C)C)cc(/C=N/S(=O)c2ccccc2)cc1OC(C)C. The van der Waals surface area contributed by atoms with Crippen molar-refractivity contribution in [3.63, 3.8) is 0 Å². The molecule has 0 saturated carbocycles. The molecule has 0 N–H and O–H groups in total. The number of benzene rings is 2. The minimum absolute atomic E-state index is 0.0264. The zero-order valence-electron chi connectivity index (χ0n) is 15.8. The minimum atomic E-state index is -1.47. The van der Waals surface area contributed by atoms with Crippen molar-refractivity contribution in [2.75, 3.05) is 7.11 Å². The maximum atomic E-state index is 12.3. The van der Waals surface area contributed by atoms with Crippen LogP contribution in [0.5, 0.6) is 17.2 Å². The number of methoxy groups -OCH3 is 1. The molecular formula is C20H25NO4S. The van der Waals surface area contributed by atoms with E-state index in [-0.39, 0.29) is 12.2 Å². The molecule has 0 aliphatic carbocycles. The summed E-state index contributed by atoms with van der Waals surface area (Å²) >= 11 is 0. The van der Waals surface area contributed by atoms with Gasteiger partial charge in [0.05, 0.1) is 24.2 Å². The smallest absolute Gasteiger partial charge is 0.203 e. The Bertz CT molecular complexity index is 742. The van der Waals surface area contributed by atoms with Gasteiger partial charge in [0, 0.05) is 11.8 Å². The summed E-state index contributed by atoms with van der Waals surface area (Å²) in [5.41, 5.74) is 0.724. The summed E-state index contributed by atoms with van der Waals surface area (Å²) < 4.78 is 33.6. The Balaban J connectivity index is 2.37. The van der Waals surface area contributed by atoms with Gasteiger partial charge in [0.2, 0.25) is 5.75 Å². The van der Waals surface area contributed by atoms with E-state index in [1.807, 2.05) is 45.9 Å². The van der Waals surface area contributed by atoms with Gasteiger partial charge < -0.3 is 14.2 Å². The highest BCUT2D eigenvalue weighted by molar-refractivity contribution is 7.83. The summed E-state index contributed by atoms with van der Waals surface area (Å²) in [6.45, 7) is 7.75. The molecule has 0 radical (unpaired) electrons. The van der Waals surface area contributed by atoms with E-state index in [0.717, 1.165) is 5.56 Å². The van der Waals surface area contributed by atoms with E-state index in [4.69, 9.17) is 14.2 Å². The molecule has 0 amide bonds. The zero-order chi connectivity index (χ0) is 19.1. The van der Waals surface area contributed by atoms with Crippen molar-refractivity contribution in [2.24, 2.45) is 4.40 Å². The first kappa shape index (κ1) is 20.0. The van der Waals surface area contributed by atoms with Crippen molar-refractivity contribution < 1.29 is 18.4 Å². The van der Waals surface area contributed by atoms with Crippen LogP contribution in [0.2, 0.25) is 0 Å². The molecule has 6 heteroatoms. The Morgan fingerprint density at radius 2 is 1.50 bits per heavy atom. The van der Waals surface area contributed by atoms with Crippen LogP contribution < -0.4 is 14.2 Å². The maximum absolute atomic E-state index is 12.3. The van der Waals surface area contributed by atoms with E-state index < -0.39 is 11.0 Å². The lowest BCUT2D eigenvalue weighted by molar-refractivity contribution is 0.209. The Labute approximate surface area is 157 Å². The average molecular weight is 375 g/mol. The van der Waals surface area contributed by atoms with Gasteiger partial charge in [0.15, 0.2) is 22.5 Å². The molecule has 0 bridgehead atoms. The molecule has 0 aliphatic heterocycles. The lowest BCUT2D eigenvalue weighted by atomic mass is 10.2. The van der Waals surface area contributed by atoms with Crippen LogP contribution in [0, 0.1) is 0 Å². The molecule has 2 aromatic rings. The van der Waals surface area contributed by atoms with Crippen LogP contribution in [-0.2, 0) is 11.0 Å². The van der Waals surface area contributed by atoms with E-state index in [0.29, 0.717) is 22.1 Å². The van der Waals surface area contributed by atoms with Gasteiger partial charge >= 0.3 is 0 Å². The number of rotatable bonds is 8. The van der Waals surface area contributed by atoms with Gasteiger partial charge in [0.1, 0.15) is 0 Å². The van der Waals surface area contributed by atoms with Crippen LogP contribution in [-0.4, -0.2) is 29.7 Å². The Kier molecular flexibility index (Phi) is 7.21. The highest BCUT2D eigenvalue weighted by Gasteiger charge is 2.16. The molecule has 2 aromatic carbocycles. The molecule has 1 unspecified atom stereocenters. The fourth-order valence-electron chi connectivity index (χ4n) is 2.26. The second-order valence-electron chi connectivity index (χ2n) is 6.18. The van der Waals surface area contributed by atoms with Gasteiger partial charge in [-0.05, 0) is 52.0 Å². The summed E-state index contributed by atoms with van der Waals surface area (Å²) in [6.07, 6.45) is 1.51. The van der Waals surface area contributed by atoms with Crippen LogP contribution in [0.3, 0.4) is 0 Å². The Hall–Kier alpha value is -2.34. The molecule has 5 nitrogen and oxygen atoms in total. The molecule has 0 aliphatic rings. The lowest BCUT2D eigenvalue weighted by Crippen LogP contribution is -2.10. The monoisotopic (exact) mass is 375 g/mol. The van der Waals surface area contributed by atoms with Crippen LogP contribution >= 0.6 is 0 Å². The number of nitrogens with zero attached hydrogens (tertiary/aromatic N) is 1. The molecule has 0 saturated heterocycles. The molecule has 140 valence electrons. The first-order chi connectivity index (χ1) is 12.4. The molecule has 26 heavy (non-hydrogen) atoms. The van der Waals surface area contributed by atoms with Gasteiger partial charge in [-0.1, -0.05) is 18.2 Å². The molecule has 2 rings (SSSR count). The standard InChI is InChI=1S/C20H25NO4S/c1-14(2)24-18-11-16(12-19(20(18)23-5)25-15(3)4)13-21-26(22)17-9-7-6-8-10-17/h6-15H,1-5H3/b21-13+. The van der Waals surface area contributed by atoms with Crippen LogP contribution in [0.4, 0.5) is 0 Å². The predicted molar refractivity (Wildman–Crippen MR) is 105 cm³/mol. The number of hydrogen-bond acceptors (Lipinski definition) is 4. The van der Waals surface area contributed by atoms with E-state index >= 15 is 0 Å². The van der Waals surface area contributed by atoms with Crippen molar-refractivity contribution >= 4 is 17.2 Å². The third-order valence-electron chi connectivity index (χ3n) is 3.21. The molecule has 0 heterocycles. The normalized spacial score (nSPS) is 12.6. The fourth-order valence-corrected chi connectivity index (χ4v) is 2.99. The summed E-state index contributed by atoms with van der Waals surface area (Å²) in [5.74, 6) is 1.66. The van der Waals surface area contributed by atoms with Gasteiger partial charge in [-0.15, -0.1) is 0 Å². The second-order valence-corrected chi connectivity index (χ2v) is 7.36. The van der Waals surface area contributed by atoms with Gasteiger partial charge in [0.25, 0.3) is 0 Å². The van der Waals surface area contributed by atoms with Crippen molar-refractivity contribution in [1.82, 2.24) is 0 Å². The van der Waals surface area contributed by atoms with Gasteiger partial charge in [-0.25, -0.2) is 4.21 Å². The molecule has 0 spiro atoms. The van der Waals surface area contributed by atoms with Gasteiger partial charge in [-0.3, -0.25) is 0 Å². The molecule has 0 fully saturated rings. The first-order valence-electron chi connectivity index (χ1n) is 8.47. The predicted octanol–water partition coefficient (Wildman–Crippen LogP) is 4.41. The topological polar surface area (TPSA) is 57.1 Å². The Morgan fingerprint density at radius 1 is 0.962 bits per heavy atom. The zero-order valence-corrected chi connectivity index (χ0v) is 16.6. The summed E-state index contributed by atoms with van der Waals surface area (Å²) in [4.78, 5) is 0.648. The Morgan fingerprint density at radius 3 is 1.96 bits per heavy atom. The molecule has 1 atom stereocenters. The third-order valence-corrected chi connectivity index (χ3v) is 4.19. The van der Waals surface area contributed by atoms with Crippen molar-refractivity contribution in [2.45, 2.75) is 44.8 Å². The van der Waals surface area contributed by atoms with E-state index in [9.17, 15) is 4.21 Å². The van der Waals surface area contributed by atoms with E-state index in [1.165, 1.54) is 0 Å². The summed E-state index contributed by atoms with van der Waals surface area (Å²) in [5, 5.41) is 0. The van der Waals surface area contributed by atoms with Crippen LogP contribution in [0.25, 0.3) is 0 Å². The van der Waals surface area contributed by atoms with Crippen molar-refractivity contribution in [3.8, 4) is 17.2 Å². The number of hydrogen-bond donors (Lipinski definition) is 0. The average Bonchev–Trinajstić information content (AvgIpc) is 2.59. The minimum Gasteiger partial charge on any atom is -0.490 e. The van der Waals surface area contributed by atoms with Gasteiger partial charge in [-0.2, -0.15) is 4.40 Å².